The van der Waals surface area contributed by atoms with Crippen molar-refractivity contribution in [3.8, 4) is 5.75 Å². The number of carbonyl (C=O) groups excluding carboxylic acids is 1. The number of aromatic nitrogens is 2. The Labute approximate surface area is 192 Å². The van der Waals surface area contributed by atoms with Crippen LogP contribution in [0.2, 0.25) is 0 Å². The molecule has 0 unspecified atom stereocenters. The van der Waals surface area contributed by atoms with Crippen LogP contribution in [0.3, 0.4) is 0 Å². The van der Waals surface area contributed by atoms with E-state index in [0.717, 1.165) is 75.3 Å². The molecule has 0 fully saturated rings. The van der Waals surface area contributed by atoms with Crippen molar-refractivity contribution in [2.75, 3.05) is 13.2 Å². The van der Waals surface area contributed by atoms with E-state index in [9.17, 15) is 4.79 Å². The summed E-state index contributed by atoms with van der Waals surface area (Å²) >= 11 is 0. The van der Waals surface area contributed by atoms with Crippen LogP contribution >= 0.6 is 0 Å². The van der Waals surface area contributed by atoms with Gasteiger partial charge < -0.3 is 14.6 Å². The highest BCUT2D eigenvalue weighted by atomic mass is 16.5. The third-order valence-corrected chi connectivity index (χ3v) is 5.57. The molecule has 1 aromatic heterocycles. The molecule has 1 N–H and O–H groups in total. The maximum Gasteiger partial charge on any atom is 0.225 e. The van der Waals surface area contributed by atoms with Crippen molar-refractivity contribution < 1.29 is 9.53 Å². The summed E-state index contributed by atoms with van der Waals surface area (Å²) < 4.78 is 8.20. The number of para-hydroxylation sites is 3. The van der Waals surface area contributed by atoms with Crippen molar-refractivity contribution in [2.45, 2.75) is 65.8 Å². The van der Waals surface area contributed by atoms with Gasteiger partial charge in [-0.1, -0.05) is 57.5 Å². The topological polar surface area (TPSA) is 56.2 Å². The van der Waals surface area contributed by atoms with Crippen LogP contribution in [0.4, 0.5) is 0 Å². The number of amides is 1. The molecule has 172 valence electrons. The highest BCUT2D eigenvalue weighted by Crippen LogP contribution is 2.19. The number of rotatable bonds is 12. The summed E-state index contributed by atoms with van der Waals surface area (Å²) in [5, 5.41) is 3.03. The minimum Gasteiger partial charge on any atom is -0.494 e. The summed E-state index contributed by atoms with van der Waals surface area (Å²) in [5.74, 6) is 2.21. The first-order valence-electron chi connectivity index (χ1n) is 11.9. The van der Waals surface area contributed by atoms with Crippen molar-refractivity contribution in [3.05, 3.63) is 60.4 Å². The molecule has 0 saturated heterocycles. The molecule has 0 radical (unpaired) electrons. The fraction of sp³-hybridized carbons (Fsp3) is 0.481. The number of unbranched alkanes of at least 4 members (excludes halogenated alkanes) is 3. The van der Waals surface area contributed by atoms with Gasteiger partial charge in [0.15, 0.2) is 0 Å². The average Bonchev–Trinajstić information content (AvgIpc) is 3.13. The molecular weight excluding hydrogens is 398 g/mol. The molecule has 0 aliphatic carbocycles. The zero-order valence-electron chi connectivity index (χ0n) is 19.8. The van der Waals surface area contributed by atoms with Crippen molar-refractivity contribution in [1.82, 2.24) is 14.9 Å². The lowest BCUT2D eigenvalue weighted by Gasteiger charge is -2.17. The fourth-order valence-electron chi connectivity index (χ4n) is 3.70. The molecule has 32 heavy (non-hydrogen) atoms. The maximum atomic E-state index is 12.0. The lowest BCUT2D eigenvalue weighted by Crippen LogP contribution is -2.35. The van der Waals surface area contributed by atoms with Crippen LogP contribution in [0, 0.1) is 5.41 Å². The molecule has 1 amide bonds. The summed E-state index contributed by atoms with van der Waals surface area (Å²) in [5.41, 5.74) is 1.96. The van der Waals surface area contributed by atoms with Crippen LogP contribution in [0.1, 0.15) is 58.7 Å². The highest BCUT2D eigenvalue weighted by molar-refractivity contribution is 5.81. The second kappa shape index (κ2) is 11.7. The van der Waals surface area contributed by atoms with Gasteiger partial charge in [0.05, 0.1) is 17.6 Å². The van der Waals surface area contributed by atoms with Gasteiger partial charge in [-0.2, -0.15) is 0 Å². The van der Waals surface area contributed by atoms with E-state index in [1.807, 2.05) is 51.1 Å². The van der Waals surface area contributed by atoms with Crippen LogP contribution in [0.15, 0.2) is 54.6 Å². The zero-order chi connectivity index (χ0) is 22.8. The van der Waals surface area contributed by atoms with E-state index in [-0.39, 0.29) is 11.3 Å². The Morgan fingerprint density at radius 2 is 1.69 bits per heavy atom. The minimum absolute atomic E-state index is 0.121. The van der Waals surface area contributed by atoms with Crippen molar-refractivity contribution in [2.24, 2.45) is 5.41 Å². The van der Waals surface area contributed by atoms with Crippen molar-refractivity contribution in [1.29, 1.82) is 0 Å². The van der Waals surface area contributed by atoms with E-state index in [1.165, 1.54) is 5.52 Å². The first kappa shape index (κ1) is 23.8. The van der Waals surface area contributed by atoms with Gasteiger partial charge in [0.1, 0.15) is 11.6 Å². The average molecular weight is 436 g/mol. The first-order chi connectivity index (χ1) is 15.4. The van der Waals surface area contributed by atoms with Crippen LogP contribution in [-0.4, -0.2) is 28.6 Å². The number of ether oxygens (including phenoxy) is 1. The molecular formula is C27H37N3O2. The minimum atomic E-state index is -0.322. The molecule has 5 heteroatoms. The molecule has 0 atom stereocenters. The summed E-state index contributed by atoms with van der Waals surface area (Å²) in [4.78, 5) is 16.9. The number of hydrogen-bond donors (Lipinski definition) is 1. The largest absolute Gasteiger partial charge is 0.494 e. The molecule has 1 heterocycles. The number of aryl methyl sites for hydroxylation is 2. The molecule has 0 bridgehead atoms. The van der Waals surface area contributed by atoms with Crippen LogP contribution in [0.5, 0.6) is 5.75 Å². The first-order valence-corrected chi connectivity index (χ1v) is 11.9. The summed E-state index contributed by atoms with van der Waals surface area (Å²) in [6.45, 7) is 8.26. The fourth-order valence-corrected chi connectivity index (χ4v) is 3.70. The monoisotopic (exact) mass is 435 g/mol. The van der Waals surface area contributed by atoms with Crippen molar-refractivity contribution in [3.63, 3.8) is 0 Å². The normalized spacial score (nSPS) is 11.6. The quantitative estimate of drug-likeness (QED) is 0.367. The number of imidazole rings is 1. The van der Waals surface area contributed by atoms with Gasteiger partial charge in [-0.15, -0.1) is 0 Å². The van der Waals surface area contributed by atoms with Gasteiger partial charge in [0.25, 0.3) is 0 Å². The van der Waals surface area contributed by atoms with Gasteiger partial charge >= 0.3 is 0 Å². The number of fused-ring (bicyclic) bond motifs is 1. The number of nitrogens with one attached hydrogen (secondary N) is 1. The Morgan fingerprint density at radius 1 is 0.938 bits per heavy atom. The lowest BCUT2D eigenvalue weighted by molar-refractivity contribution is -0.128. The molecule has 5 nitrogen and oxygen atoms in total. The predicted octanol–water partition coefficient (Wildman–Crippen LogP) is 5.77. The van der Waals surface area contributed by atoms with E-state index < -0.39 is 0 Å². The molecule has 0 saturated carbocycles. The Kier molecular flexibility index (Phi) is 8.72. The molecule has 2 aromatic carbocycles. The highest BCUT2D eigenvalue weighted by Gasteiger charge is 2.20. The number of hydrogen-bond acceptors (Lipinski definition) is 3. The van der Waals surface area contributed by atoms with E-state index in [1.54, 1.807) is 0 Å². The molecule has 0 spiro atoms. The molecule has 3 aromatic rings. The Bertz CT molecular complexity index is 973. The van der Waals surface area contributed by atoms with E-state index >= 15 is 0 Å². The van der Waals surface area contributed by atoms with Gasteiger partial charge in [-0.25, -0.2) is 4.98 Å². The maximum absolute atomic E-state index is 12.0. The summed E-state index contributed by atoms with van der Waals surface area (Å²) in [6, 6.07) is 18.4. The van der Waals surface area contributed by atoms with E-state index in [2.05, 4.69) is 34.1 Å². The van der Waals surface area contributed by atoms with Gasteiger partial charge in [-0.05, 0) is 49.9 Å². The lowest BCUT2D eigenvalue weighted by atomic mass is 9.96. The SMILES string of the molecule is CC(C)(C)C(=O)NCCCCCc1nc2ccccc2n1CCCCOc1ccccc1. The second-order valence-electron chi connectivity index (χ2n) is 9.35. The number of benzene rings is 2. The smallest absolute Gasteiger partial charge is 0.225 e. The Balaban J connectivity index is 1.45. The zero-order valence-corrected chi connectivity index (χ0v) is 19.8. The summed E-state index contributed by atoms with van der Waals surface area (Å²) in [7, 11) is 0. The summed E-state index contributed by atoms with van der Waals surface area (Å²) in [6.07, 6.45) is 6.18. The molecule has 0 aliphatic rings. The van der Waals surface area contributed by atoms with Gasteiger partial charge in [0.2, 0.25) is 5.91 Å². The third kappa shape index (κ3) is 7.11. The molecule has 3 rings (SSSR count). The van der Waals surface area contributed by atoms with Crippen LogP contribution < -0.4 is 10.1 Å². The third-order valence-electron chi connectivity index (χ3n) is 5.57. The van der Waals surface area contributed by atoms with Crippen LogP contribution in [0.25, 0.3) is 11.0 Å². The number of carbonyl (C=O) groups is 1. The van der Waals surface area contributed by atoms with Crippen LogP contribution in [-0.2, 0) is 17.8 Å². The Hall–Kier alpha value is -2.82. The second-order valence-corrected chi connectivity index (χ2v) is 9.35. The van der Waals surface area contributed by atoms with Gasteiger partial charge in [-0.3, -0.25) is 4.79 Å². The Morgan fingerprint density at radius 3 is 2.47 bits per heavy atom. The van der Waals surface area contributed by atoms with Crippen molar-refractivity contribution >= 4 is 16.9 Å². The molecule has 0 aliphatic heterocycles. The standard InChI is InChI=1S/C27H37N3O2/c1-27(2,3)26(31)28-19-11-5-8-18-25-29-23-16-9-10-17-24(23)30(25)20-12-13-21-32-22-14-6-4-7-15-22/h4,6-7,9-10,14-17H,5,8,11-13,18-21H2,1-3H3,(H,28,31). The van der Waals surface area contributed by atoms with Gasteiger partial charge in [0, 0.05) is 24.9 Å². The van der Waals surface area contributed by atoms with E-state index in [4.69, 9.17) is 9.72 Å². The van der Waals surface area contributed by atoms with E-state index in [0.29, 0.717) is 0 Å². The number of nitrogens with zero attached hydrogens (tertiary/aromatic N) is 2. The predicted molar refractivity (Wildman–Crippen MR) is 131 cm³/mol.